The van der Waals surface area contributed by atoms with Crippen LogP contribution in [0.25, 0.3) is 0 Å². The van der Waals surface area contributed by atoms with E-state index in [1.54, 1.807) is 6.92 Å². The number of hydrogen-bond donors (Lipinski definition) is 0. The monoisotopic (exact) mass is 156 g/mol. The molecule has 0 aliphatic heterocycles. The molecule has 0 fully saturated rings. The van der Waals surface area contributed by atoms with E-state index in [0.29, 0.717) is 5.57 Å². The van der Waals surface area contributed by atoms with E-state index in [2.05, 4.69) is 6.58 Å². The van der Waals surface area contributed by atoms with E-state index in [4.69, 9.17) is 4.74 Å². The minimum atomic E-state index is -0.245. The van der Waals surface area contributed by atoms with Crippen molar-refractivity contribution in [1.82, 2.24) is 0 Å². The predicted molar refractivity (Wildman–Crippen MR) is 45.5 cm³/mol. The Kier molecular flexibility index (Phi) is 3.46. The summed E-state index contributed by atoms with van der Waals surface area (Å²) >= 11 is 0. The van der Waals surface area contributed by atoms with Gasteiger partial charge in [0.1, 0.15) is 6.61 Å². The number of rotatable bonds is 3. The third-order valence-electron chi connectivity index (χ3n) is 1.11. The number of ketones is 1. The van der Waals surface area contributed by atoms with Gasteiger partial charge in [0.25, 0.3) is 0 Å². The molecule has 11 heavy (non-hydrogen) atoms. The highest BCUT2D eigenvalue weighted by Gasteiger charge is 2.12. The normalized spacial score (nSPS) is 11.3. The van der Waals surface area contributed by atoms with Crippen molar-refractivity contribution < 1.29 is 9.53 Å². The van der Waals surface area contributed by atoms with Crippen molar-refractivity contribution in [3.63, 3.8) is 0 Å². The molecule has 0 aromatic rings. The van der Waals surface area contributed by atoms with Gasteiger partial charge in [0, 0.05) is 0 Å². The molecule has 0 rings (SSSR count). The predicted octanol–water partition coefficient (Wildman–Crippen LogP) is 1.95. The van der Waals surface area contributed by atoms with Crippen LogP contribution in [0.2, 0.25) is 0 Å². The van der Waals surface area contributed by atoms with Crippen LogP contribution in [0.1, 0.15) is 27.7 Å². The third-order valence-corrected chi connectivity index (χ3v) is 1.11. The molecule has 0 spiro atoms. The van der Waals surface area contributed by atoms with Gasteiger partial charge in [0.15, 0.2) is 5.78 Å². The lowest BCUT2D eigenvalue weighted by atomic mass is 10.2. The van der Waals surface area contributed by atoms with E-state index in [0.717, 1.165) is 0 Å². The van der Waals surface area contributed by atoms with Gasteiger partial charge in [-0.25, -0.2) is 0 Å². The lowest BCUT2D eigenvalue weighted by Gasteiger charge is -2.18. The van der Waals surface area contributed by atoms with Crippen molar-refractivity contribution in [2.45, 2.75) is 33.3 Å². The molecular formula is C9H16O2. The van der Waals surface area contributed by atoms with E-state index in [-0.39, 0.29) is 18.0 Å². The first-order chi connectivity index (χ1) is 4.83. The second-order valence-corrected chi connectivity index (χ2v) is 3.60. The summed E-state index contributed by atoms with van der Waals surface area (Å²) in [6.45, 7) is 11.1. The van der Waals surface area contributed by atoms with E-state index in [1.165, 1.54) is 0 Å². The number of ether oxygens (including phenoxy) is 1. The number of Topliss-reactive ketones (excluding diaryl/α,β-unsaturated/α-hetero) is 1. The topological polar surface area (TPSA) is 26.3 Å². The van der Waals surface area contributed by atoms with Crippen LogP contribution in [0.5, 0.6) is 0 Å². The molecule has 2 heteroatoms. The van der Waals surface area contributed by atoms with E-state index < -0.39 is 0 Å². The van der Waals surface area contributed by atoms with Crippen LogP contribution in [-0.2, 0) is 9.53 Å². The highest BCUT2D eigenvalue weighted by molar-refractivity contribution is 5.95. The van der Waals surface area contributed by atoms with Crippen LogP contribution >= 0.6 is 0 Å². The summed E-state index contributed by atoms with van der Waals surface area (Å²) in [5.74, 6) is -0.0278. The third kappa shape index (κ3) is 5.80. The first kappa shape index (κ1) is 10.4. The molecule has 0 atom stereocenters. The molecule has 0 amide bonds. The lowest BCUT2D eigenvalue weighted by Crippen LogP contribution is -2.23. The number of carbonyl (C=O) groups excluding carboxylic acids is 1. The smallest absolute Gasteiger partial charge is 0.183 e. The van der Waals surface area contributed by atoms with Gasteiger partial charge < -0.3 is 4.74 Å². The molecule has 0 aliphatic rings. The van der Waals surface area contributed by atoms with Crippen molar-refractivity contribution in [2.24, 2.45) is 0 Å². The van der Waals surface area contributed by atoms with Crippen LogP contribution in [0.3, 0.4) is 0 Å². The average Bonchev–Trinajstić information content (AvgIpc) is 1.80. The average molecular weight is 156 g/mol. The second-order valence-electron chi connectivity index (χ2n) is 3.60. The van der Waals surface area contributed by atoms with Gasteiger partial charge in [0.05, 0.1) is 5.60 Å². The van der Waals surface area contributed by atoms with Crippen molar-refractivity contribution >= 4 is 5.78 Å². The summed E-state index contributed by atoms with van der Waals surface area (Å²) in [5, 5.41) is 0. The van der Waals surface area contributed by atoms with Crippen LogP contribution in [0, 0.1) is 0 Å². The van der Waals surface area contributed by atoms with Crippen molar-refractivity contribution in [3.05, 3.63) is 12.2 Å². The molecule has 0 unspecified atom stereocenters. The second kappa shape index (κ2) is 3.67. The summed E-state index contributed by atoms with van der Waals surface area (Å²) in [5.41, 5.74) is 0.305. The molecule has 0 heterocycles. The summed E-state index contributed by atoms with van der Waals surface area (Å²) in [6, 6.07) is 0. The maximum Gasteiger partial charge on any atom is 0.183 e. The fourth-order valence-electron chi connectivity index (χ4n) is 0.405. The zero-order valence-corrected chi connectivity index (χ0v) is 7.73. The van der Waals surface area contributed by atoms with Gasteiger partial charge in [0.2, 0.25) is 0 Å². The molecule has 0 radical (unpaired) electrons. The fourth-order valence-corrected chi connectivity index (χ4v) is 0.405. The van der Waals surface area contributed by atoms with Gasteiger partial charge in [-0.3, -0.25) is 4.79 Å². The Balaban J connectivity index is 3.73. The molecule has 0 N–H and O–H groups in total. The van der Waals surface area contributed by atoms with Gasteiger partial charge in [-0.05, 0) is 33.3 Å². The highest BCUT2D eigenvalue weighted by atomic mass is 16.5. The molecule has 0 aromatic heterocycles. The summed E-state index contributed by atoms with van der Waals surface area (Å²) in [4.78, 5) is 11.0. The number of carbonyl (C=O) groups is 1. The van der Waals surface area contributed by atoms with E-state index in [9.17, 15) is 4.79 Å². The van der Waals surface area contributed by atoms with Crippen LogP contribution in [-0.4, -0.2) is 18.0 Å². The minimum Gasteiger partial charge on any atom is -0.368 e. The minimum absolute atomic E-state index is 0.0278. The molecule has 0 bridgehead atoms. The summed E-state index contributed by atoms with van der Waals surface area (Å²) in [6.07, 6.45) is 0. The Bertz CT molecular complexity index is 163. The fraction of sp³-hybridized carbons (Fsp3) is 0.667. The van der Waals surface area contributed by atoms with Gasteiger partial charge in [-0.15, -0.1) is 0 Å². The zero-order valence-electron chi connectivity index (χ0n) is 7.73. The van der Waals surface area contributed by atoms with Gasteiger partial charge in [-0.2, -0.15) is 0 Å². The first-order valence-corrected chi connectivity index (χ1v) is 3.65. The SMILES string of the molecule is C=C(C)C(=O)COC(C)(C)C. The van der Waals surface area contributed by atoms with Crippen molar-refractivity contribution in [1.29, 1.82) is 0 Å². The maximum atomic E-state index is 11.0. The number of hydrogen-bond acceptors (Lipinski definition) is 2. The van der Waals surface area contributed by atoms with Crippen LogP contribution < -0.4 is 0 Å². The van der Waals surface area contributed by atoms with Gasteiger partial charge in [-0.1, -0.05) is 6.58 Å². The largest absolute Gasteiger partial charge is 0.368 e. The Morgan fingerprint density at radius 1 is 1.45 bits per heavy atom. The molecular weight excluding hydrogens is 140 g/mol. The lowest BCUT2D eigenvalue weighted by molar-refractivity contribution is -0.124. The Labute approximate surface area is 68.2 Å². The molecule has 2 nitrogen and oxygen atoms in total. The van der Waals surface area contributed by atoms with Gasteiger partial charge >= 0.3 is 0 Å². The van der Waals surface area contributed by atoms with Crippen molar-refractivity contribution in [3.8, 4) is 0 Å². The summed E-state index contributed by atoms with van der Waals surface area (Å²) < 4.78 is 5.24. The van der Waals surface area contributed by atoms with Crippen LogP contribution in [0.4, 0.5) is 0 Å². The first-order valence-electron chi connectivity index (χ1n) is 3.65. The van der Waals surface area contributed by atoms with E-state index >= 15 is 0 Å². The van der Waals surface area contributed by atoms with Crippen LogP contribution in [0.15, 0.2) is 12.2 Å². The van der Waals surface area contributed by atoms with E-state index in [1.807, 2.05) is 20.8 Å². The quantitative estimate of drug-likeness (QED) is 0.584. The Morgan fingerprint density at radius 2 is 1.91 bits per heavy atom. The zero-order chi connectivity index (χ0) is 9.07. The standard InChI is InChI=1S/C9H16O2/c1-7(2)8(10)6-11-9(3,4)5/h1,6H2,2-5H3. The molecule has 64 valence electrons. The molecule has 0 saturated heterocycles. The van der Waals surface area contributed by atoms with Crippen molar-refractivity contribution in [2.75, 3.05) is 6.61 Å². The molecule has 0 aliphatic carbocycles. The maximum absolute atomic E-state index is 11.0. The Morgan fingerprint density at radius 3 is 2.18 bits per heavy atom. The summed E-state index contributed by atoms with van der Waals surface area (Å²) in [7, 11) is 0. The molecule has 0 aromatic carbocycles. The molecule has 0 saturated carbocycles. The highest BCUT2D eigenvalue weighted by Crippen LogP contribution is 2.06. The Hall–Kier alpha value is -0.630.